The molecule has 5 rings (SSSR count). The van der Waals surface area contributed by atoms with Crippen molar-refractivity contribution in [1.29, 1.82) is 0 Å². The zero-order chi connectivity index (χ0) is 33.0. The highest BCUT2D eigenvalue weighted by Gasteiger charge is 2.37. The molecule has 4 unspecified atom stereocenters. The van der Waals surface area contributed by atoms with Crippen LogP contribution in [0.2, 0.25) is 0 Å². The molecule has 1 aromatic rings. The number of fused-ring (bicyclic) bond motifs is 1. The molecule has 4 heterocycles. The van der Waals surface area contributed by atoms with Gasteiger partial charge in [-0.3, -0.25) is 19.5 Å². The average molecular weight is 640 g/mol. The van der Waals surface area contributed by atoms with Gasteiger partial charge in [-0.15, -0.1) is 0 Å². The molecule has 4 atom stereocenters. The van der Waals surface area contributed by atoms with Crippen molar-refractivity contribution >= 4 is 11.8 Å². The van der Waals surface area contributed by atoms with E-state index < -0.39 is 11.7 Å². The quantitative estimate of drug-likeness (QED) is 0.446. The fraction of sp³-hybridized carbons (Fsp3) is 0.727. The molecule has 254 valence electrons. The molecule has 45 heavy (non-hydrogen) atoms. The molecule has 4 aliphatic rings. The number of pyridine rings is 1. The predicted octanol–water partition coefficient (Wildman–Crippen LogP) is 4.30. The van der Waals surface area contributed by atoms with E-state index in [-0.39, 0.29) is 42.5 Å². The highest BCUT2D eigenvalue weighted by atomic mass is 19.4. The van der Waals surface area contributed by atoms with Crippen LogP contribution in [0.5, 0.6) is 0 Å². The first-order valence-corrected chi connectivity index (χ1v) is 16.4. The summed E-state index contributed by atoms with van der Waals surface area (Å²) in [4.78, 5) is 33.8. The second-order valence-electron chi connectivity index (χ2n) is 12.1. The Labute approximate surface area is 266 Å². The van der Waals surface area contributed by atoms with Crippen molar-refractivity contribution in [3.8, 4) is 0 Å². The molecule has 3 fully saturated rings. The van der Waals surface area contributed by atoms with Crippen molar-refractivity contribution in [1.82, 2.24) is 25.0 Å². The smallest absolute Gasteiger partial charge is 0.379 e. The minimum atomic E-state index is -4.43. The summed E-state index contributed by atoms with van der Waals surface area (Å²) in [6, 6.07) is 1.60. The summed E-state index contributed by atoms with van der Waals surface area (Å²) in [5.41, 5.74) is 0.398. The Kier molecular flexibility index (Phi) is 14.7. The van der Waals surface area contributed by atoms with Crippen LogP contribution in [0.1, 0.15) is 69.2 Å². The normalized spacial score (nSPS) is 25.2. The molecule has 1 N–H and O–H groups in total. The van der Waals surface area contributed by atoms with Gasteiger partial charge in [0.15, 0.2) is 0 Å². The molecular formula is C33H52F3N5O4. The summed E-state index contributed by atoms with van der Waals surface area (Å²) in [6.07, 6.45) is 6.50. The fourth-order valence-corrected chi connectivity index (χ4v) is 6.24. The Hall–Kier alpha value is -2.54. The number of aromatic nitrogens is 1. The number of likely N-dealkylation sites (N-methyl/N-ethyl adjacent to an activating group) is 1. The van der Waals surface area contributed by atoms with E-state index in [1.807, 2.05) is 19.9 Å². The van der Waals surface area contributed by atoms with E-state index in [9.17, 15) is 22.8 Å². The number of likely N-dealkylation sites (tertiary alicyclic amines) is 1. The van der Waals surface area contributed by atoms with E-state index in [0.29, 0.717) is 37.4 Å². The molecule has 1 aliphatic carbocycles. The zero-order valence-corrected chi connectivity index (χ0v) is 27.6. The first-order valence-electron chi connectivity index (χ1n) is 16.4. The molecule has 12 heteroatoms. The monoisotopic (exact) mass is 639 g/mol. The largest absolute Gasteiger partial charge is 0.417 e. The van der Waals surface area contributed by atoms with Crippen LogP contribution in [0.3, 0.4) is 0 Å². The Morgan fingerprint density at radius 1 is 1.16 bits per heavy atom. The van der Waals surface area contributed by atoms with Gasteiger partial charge in [-0.1, -0.05) is 19.9 Å². The van der Waals surface area contributed by atoms with Crippen LogP contribution in [0.4, 0.5) is 13.2 Å². The second-order valence-corrected chi connectivity index (χ2v) is 12.1. The van der Waals surface area contributed by atoms with Crippen molar-refractivity contribution in [3.63, 3.8) is 0 Å². The van der Waals surface area contributed by atoms with Crippen molar-refractivity contribution in [2.75, 3.05) is 60.6 Å². The number of nitrogens with one attached hydrogen (secondary N) is 1. The highest BCUT2D eigenvalue weighted by Crippen LogP contribution is 2.33. The lowest BCUT2D eigenvalue weighted by molar-refractivity contribution is -0.138. The van der Waals surface area contributed by atoms with Gasteiger partial charge < -0.3 is 24.6 Å². The van der Waals surface area contributed by atoms with Crippen LogP contribution >= 0.6 is 0 Å². The standard InChI is InChI=1S/C21H28F3N3O3.C10H18N2O.C2H6/c1-29-19-12-30-7-5-18(19)26-16-3-2-13(9-16)20(28)27-6-4-17-14(11-27)8-15(10-25-17)21(22,23)24;1-11(2)10(13)6-5-9-12-7-3-4-8-12;1-2/h8,10,13,16,18-19,26H,2-7,9,11-12H2,1H3;5-6H,3-4,7-9H2,1-2H3;1-2H3/b;6-5+;. The van der Waals surface area contributed by atoms with E-state index >= 15 is 0 Å². The predicted molar refractivity (Wildman–Crippen MR) is 168 cm³/mol. The van der Waals surface area contributed by atoms with Crippen LogP contribution < -0.4 is 5.32 Å². The van der Waals surface area contributed by atoms with Crippen molar-refractivity contribution in [3.05, 3.63) is 41.2 Å². The summed E-state index contributed by atoms with van der Waals surface area (Å²) < 4.78 is 50.0. The van der Waals surface area contributed by atoms with E-state index in [0.717, 1.165) is 44.5 Å². The first-order chi connectivity index (χ1) is 21.5. The lowest BCUT2D eigenvalue weighted by atomic mass is 10.00. The molecular weight excluding hydrogens is 587 g/mol. The van der Waals surface area contributed by atoms with Crippen LogP contribution in [0, 0.1) is 5.92 Å². The van der Waals surface area contributed by atoms with Crippen LogP contribution in [0.15, 0.2) is 24.4 Å². The molecule has 0 bridgehead atoms. The molecule has 3 aliphatic heterocycles. The topological polar surface area (TPSA) is 87.2 Å². The van der Waals surface area contributed by atoms with Gasteiger partial charge in [0.1, 0.15) is 0 Å². The van der Waals surface area contributed by atoms with Gasteiger partial charge in [0.05, 0.1) is 18.3 Å². The number of rotatable bonds is 7. The third-order valence-electron chi connectivity index (χ3n) is 8.78. The molecule has 9 nitrogen and oxygen atoms in total. The number of methoxy groups -OCH3 is 1. The molecule has 1 aromatic heterocycles. The molecule has 0 aromatic carbocycles. The van der Waals surface area contributed by atoms with E-state index in [2.05, 4.69) is 15.2 Å². The minimum Gasteiger partial charge on any atom is -0.379 e. The van der Waals surface area contributed by atoms with Crippen LogP contribution in [-0.2, 0) is 38.2 Å². The van der Waals surface area contributed by atoms with Gasteiger partial charge >= 0.3 is 6.18 Å². The third-order valence-corrected chi connectivity index (χ3v) is 8.78. The first kappa shape index (κ1) is 36.9. The Bertz CT molecular complexity index is 1110. The lowest BCUT2D eigenvalue weighted by Gasteiger charge is -2.33. The van der Waals surface area contributed by atoms with Gasteiger partial charge in [-0.25, -0.2) is 0 Å². The maximum Gasteiger partial charge on any atom is 0.417 e. The number of alkyl halides is 3. The maximum absolute atomic E-state index is 13.1. The van der Waals surface area contributed by atoms with Crippen molar-refractivity contribution in [2.45, 2.75) is 89.7 Å². The number of amides is 2. The lowest BCUT2D eigenvalue weighted by Crippen LogP contribution is -2.50. The number of ether oxygens (including phenoxy) is 2. The summed E-state index contributed by atoms with van der Waals surface area (Å²) in [5.74, 6) is 0.0143. The Morgan fingerprint density at radius 3 is 2.56 bits per heavy atom. The fourth-order valence-electron chi connectivity index (χ4n) is 6.24. The van der Waals surface area contributed by atoms with Crippen molar-refractivity contribution in [2.24, 2.45) is 5.92 Å². The van der Waals surface area contributed by atoms with Gasteiger partial charge in [0.25, 0.3) is 0 Å². The Balaban J connectivity index is 0.000000309. The molecule has 2 saturated heterocycles. The van der Waals surface area contributed by atoms with Gasteiger partial charge in [-0.05, 0) is 63.2 Å². The number of hydrogen-bond acceptors (Lipinski definition) is 7. The second kappa shape index (κ2) is 18.0. The number of carbonyl (C=O) groups is 2. The summed E-state index contributed by atoms with van der Waals surface area (Å²) in [7, 11) is 5.22. The Morgan fingerprint density at radius 2 is 1.89 bits per heavy atom. The molecule has 0 spiro atoms. The average Bonchev–Trinajstić information content (AvgIpc) is 3.74. The zero-order valence-electron chi connectivity index (χ0n) is 27.6. The van der Waals surface area contributed by atoms with Crippen LogP contribution in [0.25, 0.3) is 0 Å². The number of halogens is 3. The number of carbonyl (C=O) groups excluding carboxylic acids is 2. The summed E-state index contributed by atoms with van der Waals surface area (Å²) in [6.45, 7) is 9.26. The van der Waals surface area contributed by atoms with E-state index in [1.54, 1.807) is 37.1 Å². The van der Waals surface area contributed by atoms with Gasteiger partial charge in [0, 0.05) is 89.8 Å². The number of nitrogens with zero attached hydrogens (tertiary/aromatic N) is 4. The molecule has 2 amide bonds. The van der Waals surface area contributed by atoms with Gasteiger partial charge in [0.2, 0.25) is 11.8 Å². The third kappa shape index (κ3) is 11.0. The van der Waals surface area contributed by atoms with Gasteiger partial charge in [-0.2, -0.15) is 13.2 Å². The van der Waals surface area contributed by atoms with Crippen LogP contribution in [-0.4, -0.2) is 110 Å². The summed E-state index contributed by atoms with van der Waals surface area (Å²) >= 11 is 0. The maximum atomic E-state index is 13.1. The van der Waals surface area contributed by atoms with Crippen molar-refractivity contribution < 1.29 is 32.2 Å². The SMILES string of the molecule is CC.CN(C)C(=O)/C=C/CN1CCCC1.COC1COCCC1NC1CCC(C(=O)N2CCc3ncc(C(F)(F)F)cc3C2)C1. The summed E-state index contributed by atoms with van der Waals surface area (Å²) in [5, 5.41) is 3.64. The van der Waals surface area contributed by atoms with E-state index in [4.69, 9.17) is 9.47 Å². The highest BCUT2D eigenvalue weighted by molar-refractivity contribution is 5.87. The minimum absolute atomic E-state index is 0.0161. The molecule has 0 radical (unpaired) electrons. The molecule has 1 saturated carbocycles. The number of hydrogen-bond donors (Lipinski definition) is 1. The van der Waals surface area contributed by atoms with E-state index in [1.165, 1.54) is 25.9 Å².